The fourth-order valence-electron chi connectivity index (χ4n) is 3.30. The van der Waals surface area contributed by atoms with Crippen LogP contribution in [-0.4, -0.2) is 18.6 Å². The summed E-state index contributed by atoms with van der Waals surface area (Å²) in [7, 11) is 1.63. The lowest BCUT2D eigenvalue weighted by Gasteiger charge is -2.38. The van der Waals surface area contributed by atoms with Crippen molar-refractivity contribution in [2.45, 2.75) is 44.8 Å². The molecule has 0 fully saturated rings. The Bertz CT molecular complexity index is 804. The van der Waals surface area contributed by atoms with Crippen LogP contribution in [0.4, 0.5) is 0 Å². The van der Waals surface area contributed by atoms with Crippen LogP contribution in [0, 0.1) is 0 Å². The van der Waals surface area contributed by atoms with Crippen LogP contribution in [0.25, 0.3) is 0 Å². The molecule has 138 valence electrons. The van der Waals surface area contributed by atoms with Gasteiger partial charge in [-0.15, -0.1) is 0 Å². The van der Waals surface area contributed by atoms with Crippen molar-refractivity contribution in [2.24, 2.45) is 0 Å². The summed E-state index contributed by atoms with van der Waals surface area (Å²) < 4.78 is 11.4. The Balaban J connectivity index is 1.72. The van der Waals surface area contributed by atoms with Crippen LogP contribution < -0.4 is 14.8 Å². The van der Waals surface area contributed by atoms with E-state index in [0.717, 1.165) is 22.6 Å². The zero-order valence-electron chi connectivity index (χ0n) is 15.3. The number of methoxy groups -OCH3 is 1. The van der Waals surface area contributed by atoms with Gasteiger partial charge in [0.25, 0.3) is 0 Å². The van der Waals surface area contributed by atoms with Crippen molar-refractivity contribution in [3.05, 3.63) is 58.6 Å². The minimum Gasteiger partial charge on any atom is -0.497 e. The third kappa shape index (κ3) is 4.31. The lowest BCUT2D eigenvalue weighted by Crippen LogP contribution is -2.41. The summed E-state index contributed by atoms with van der Waals surface area (Å²) in [5.41, 5.74) is 1.59. The lowest BCUT2D eigenvalue weighted by molar-refractivity contribution is -0.122. The average molecular weight is 374 g/mol. The second-order valence-electron chi connectivity index (χ2n) is 7.18. The van der Waals surface area contributed by atoms with E-state index < -0.39 is 0 Å². The van der Waals surface area contributed by atoms with E-state index >= 15 is 0 Å². The van der Waals surface area contributed by atoms with Crippen molar-refractivity contribution in [1.29, 1.82) is 0 Å². The number of rotatable bonds is 5. The van der Waals surface area contributed by atoms with Gasteiger partial charge in [0, 0.05) is 23.4 Å². The van der Waals surface area contributed by atoms with Gasteiger partial charge < -0.3 is 14.8 Å². The standard InChI is InChI=1S/C21H24ClNO3/c1-21(2)13-18(16-12-15(25-3)9-10-19(16)26-21)23-20(24)11-8-14-6-4-5-7-17(14)22/h4-7,9-10,12,18H,8,11,13H2,1-3H3,(H,23,24)/t18-/m0/s1. The monoisotopic (exact) mass is 373 g/mol. The largest absolute Gasteiger partial charge is 0.497 e. The van der Waals surface area contributed by atoms with Crippen LogP contribution in [0.1, 0.15) is 43.9 Å². The average Bonchev–Trinajstić information content (AvgIpc) is 2.60. The molecule has 3 rings (SSSR count). The van der Waals surface area contributed by atoms with Crippen LogP contribution in [0.5, 0.6) is 11.5 Å². The van der Waals surface area contributed by atoms with Crippen molar-refractivity contribution in [3.63, 3.8) is 0 Å². The first-order valence-corrected chi connectivity index (χ1v) is 9.15. The minimum absolute atomic E-state index is 0.00129. The van der Waals surface area contributed by atoms with Crippen molar-refractivity contribution in [1.82, 2.24) is 5.32 Å². The molecule has 0 radical (unpaired) electrons. The Morgan fingerprint density at radius 3 is 2.81 bits per heavy atom. The third-order valence-corrected chi connectivity index (χ3v) is 4.96. The number of fused-ring (bicyclic) bond motifs is 1. The van der Waals surface area contributed by atoms with Crippen LogP contribution in [0.15, 0.2) is 42.5 Å². The molecule has 26 heavy (non-hydrogen) atoms. The van der Waals surface area contributed by atoms with Crippen LogP contribution in [0.2, 0.25) is 5.02 Å². The van der Waals surface area contributed by atoms with Gasteiger partial charge in [0.1, 0.15) is 17.1 Å². The van der Waals surface area contributed by atoms with Gasteiger partial charge in [-0.05, 0) is 50.1 Å². The molecule has 1 aliphatic rings. The highest BCUT2D eigenvalue weighted by molar-refractivity contribution is 6.31. The fraction of sp³-hybridized carbons (Fsp3) is 0.381. The molecule has 0 saturated carbocycles. The quantitative estimate of drug-likeness (QED) is 0.826. The molecule has 1 amide bonds. The molecule has 0 unspecified atom stereocenters. The van der Waals surface area contributed by atoms with E-state index in [1.165, 1.54) is 0 Å². The molecular formula is C21H24ClNO3. The molecule has 0 bridgehead atoms. The lowest BCUT2D eigenvalue weighted by atomic mass is 9.89. The van der Waals surface area contributed by atoms with E-state index in [9.17, 15) is 4.79 Å². The van der Waals surface area contributed by atoms with Gasteiger partial charge in [-0.2, -0.15) is 0 Å². The van der Waals surface area contributed by atoms with Gasteiger partial charge in [-0.25, -0.2) is 0 Å². The molecule has 0 aromatic heterocycles. The van der Waals surface area contributed by atoms with Crippen molar-refractivity contribution < 1.29 is 14.3 Å². The highest BCUT2D eigenvalue weighted by Crippen LogP contribution is 2.41. The summed E-state index contributed by atoms with van der Waals surface area (Å²) in [6.07, 6.45) is 1.70. The second-order valence-corrected chi connectivity index (χ2v) is 7.59. The molecule has 1 N–H and O–H groups in total. The van der Waals surface area contributed by atoms with E-state index in [4.69, 9.17) is 21.1 Å². The molecule has 1 aliphatic heterocycles. The van der Waals surface area contributed by atoms with E-state index in [0.29, 0.717) is 24.3 Å². The SMILES string of the molecule is COc1ccc2c(c1)[C@@H](NC(=O)CCc1ccccc1Cl)CC(C)(C)O2. The molecule has 1 atom stereocenters. The second kappa shape index (κ2) is 7.58. The number of amides is 1. The van der Waals surface area contributed by atoms with E-state index in [-0.39, 0.29) is 17.6 Å². The molecule has 2 aromatic rings. The zero-order valence-corrected chi connectivity index (χ0v) is 16.1. The Hall–Kier alpha value is -2.20. The topological polar surface area (TPSA) is 47.6 Å². The first-order valence-electron chi connectivity index (χ1n) is 8.78. The minimum atomic E-state index is -0.345. The highest BCUT2D eigenvalue weighted by Gasteiger charge is 2.34. The zero-order chi connectivity index (χ0) is 18.7. The fourth-order valence-corrected chi connectivity index (χ4v) is 3.53. The molecule has 2 aromatic carbocycles. The number of hydrogen-bond donors (Lipinski definition) is 1. The smallest absolute Gasteiger partial charge is 0.220 e. The third-order valence-electron chi connectivity index (χ3n) is 4.59. The first kappa shape index (κ1) is 18.6. The van der Waals surface area contributed by atoms with Gasteiger partial charge >= 0.3 is 0 Å². The van der Waals surface area contributed by atoms with E-state index in [2.05, 4.69) is 5.32 Å². The number of hydrogen-bond acceptors (Lipinski definition) is 3. The number of halogens is 1. The predicted molar refractivity (Wildman–Crippen MR) is 103 cm³/mol. The molecule has 0 saturated heterocycles. The molecular weight excluding hydrogens is 350 g/mol. The molecule has 1 heterocycles. The van der Waals surface area contributed by atoms with E-state index in [1.54, 1.807) is 7.11 Å². The number of benzene rings is 2. The normalized spacial score (nSPS) is 17.8. The number of aryl methyl sites for hydroxylation is 1. The number of carbonyl (C=O) groups is 1. The Morgan fingerprint density at radius 2 is 2.08 bits per heavy atom. The van der Waals surface area contributed by atoms with Gasteiger partial charge in [-0.3, -0.25) is 4.79 Å². The predicted octanol–water partition coefficient (Wildman–Crippen LogP) is 4.70. The summed E-state index contributed by atoms with van der Waals surface area (Å²) in [5.74, 6) is 1.54. The van der Waals surface area contributed by atoms with E-state index in [1.807, 2.05) is 56.3 Å². The highest BCUT2D eigenvalue weighted by atomic mass is 35.5. The van der Waals surface area contributed by atoms with Crippen molar-refractivity contribution >= 4 is 17.5 Å². The molecule has 0 aliphatic carbocycles. The summed E-state index contributed by atoms with van der Waals surface area (Å²) in [6, 6.07) is 13.2. The summed E-state index contributed by atoms with van der Waals surface area (Å²) in [5, 5.41) is 3.85. The van der Waals surface area contributed by atoms with Crippen molar-refractivity contribution in [2.75, 3.05) is 7.11 Å². The maximum Gasteiger partial charge on any atom is 0.220 e. The van der Waals surface area contributed by atoms with Gasteiger partial charge in [0.05, 0.1) is 13.2 Å². The van der Waals surface area contributed by atoms with Crippen molar-refractivity contribution in [3.8, 4) is 11.5 Å². The van der Waals surface area contributed by atoms with Crippen LogP contribution >= 0.6 is 11.6 Å². The van der Waals surface area contributed by atoms with Crippen LogP contribution in [-0.2, 0) is 11.2 Å². The summed E-state index contributed by atoms with van der Waals surface area (Å²) in [4.78, 5) is 12.5. The Kier molecular flexibility index (Phi) is 5.42. The summed E-state index contributed by atoms with van der Waals surface area (Å²) >= 11 is 6.18. The van der Waals surface area contributed by atoms with Gasteiger partial charge in [0.15, 0.2) is 0 Å². The van der Waals surface area contributed by atoms with Gasteiger partial charge in [0.2, 0.25) is 5.91 Å². The number of carbonyl (C=O) groups excluding carboxylic acids is 1. The number of nitrogens with one attached hydrogen (secondary N) is 1. The molecule has 0 spiro atoms. The Morgan fingerprint density at radius 1 is 1.31 bits per heavy atom. The van der Waals surface area contributed by atoms with Gasteiger partial charge in [-0.1, -0.05) is 29.8 Å². The summed E-state index contributed by atoms with van der Waals surface area (Å²) in [6.45, 7) is 4.06. The first-order chi connectivity index (χ1) is 12.4. The Labute approximate surface area is 159 Å². The number of ether oxygens (including phenoxy) is 2. The maximum atomic E-state index is 12.5. The van der Waals surface area contributed by atoms with Crippen LogP contribution in [0.3, 0.4) is 0 Å². The molecule has 4 nitrogen and oxygen atoms in total. The molecule has 5 heteroatoms. The maximum absolute atomic E-state index is 12.5.